The van der Waals surface area contributed by atoms with Gasteiger partial charge in [0.2, 0.25) is 0 Å². The van der Waals surface area contributed by atoms with E-state index in [0.29, 0.717) is 6.04 Å². The molecule has 18 heavy (non-hydrogen) atoms. The molecule has 4 nitrogen and oxygen atoms in total. The van der Waals surface area contributed by atoms with Crippen molar-refractivity contribution in [2.24, 2.45) is 5.92 Å². The molecule has 2 atom stereocenters. The fourth-order valence-corrected chi connectivity index (χ4v) is 3.40. The molecule has 100 valence electrons. The number of rotatable bonds is 1. The Morgan fingerprint density at radius 3 is 2.94 bits per heavy atom. The molecule has 0 radical (unpaired) electrons. The van der Waals surface area contributed by atoms with E-state index in [2.05, 4.69) is 34.3 Å². The standard InChI is InChI=1S/C14H24N4/c1-3-18-14-13(10(2)17-18)15-9-11-7-5-4-6-8-12(11)16-14/h11-12,15-16H,3-9H2,1-2H3. The second-order valence-corrected chi connectivity index (χ2v) is 5.65. The van der Waals surface area contributed by atoms with Crippen LogP contribution in [0, 0.1) is 12.8 Å². The van der Waals surface area contributed by atoms with Crippen LogP contribution in [0.5, 0.6) is 0 Å². The molecule has 0 saturated heterocycles. The lowest BCUT2D eigenvalue weighted by Gasteiger charge is -2.24. The number of nitrogens with zero attached hydrogens (tertiary/aromatic N) is 2. The predicted octanol–water partition coefficient (Wildman–Crippen LogP) is 3.00. The third kappa shape index (κ3) is 1.98. The van der Waals surface area contributed by atoms with Crippen molar-refractivity contribution in [2.75, 3.05) is 17.2 Å². The van der Waals surface area contributed by atoms with E-state index >= 15 is 0 Å². The number of anilines is 2. The van der Waals surface area contributed by atoms with Crippen LogP contribution >= 0.6 is 0 Å². The van der Waals surface area contributed by atoms with Crippen LogP contribution < -0.4 is 10.6 Å². The Hall–Kier alpha value is -1.19. The van der Waals surface area contributed by atoms with Crippen LogP contribution in [0.4, 0.5) is 11.5 Å². The van der Waals surface area contributed by atoms with Gasteiger partial charge in [-0.25, -0.2) is 4.68 Å². The van der Waals surface area contributed by atoms with Gasteiger partial charge >= 0.3 is 0 Å². The van der Waals surface area contributed by atoms with Crippen LogP contribution in [0.1, 0.15) is 44.7 Å². The number of fused-ring (bicyclic) bond motifs is 2. The molecular formula is C14H24N4. The van der Waals surface area contributed by atoms with Crippen LogP contribution in [-0.4, -0.2) is 22.4 Å². The fourth-order valence-electron chi connectivity index (χ4n) is 3.40. The van der Waals surface area contributed by atoms with Crippen LogP contribution in [0.15, 0.2) is 0 Å². The lowest BCUT2D eigenvalue weighted by Crippen LogP contribution is -2.31. The number of aromatic nitrogens is 2. The molecule has 0 bridgehead atoms. The molecule has 1 saturated carbocycles. The molecule has 2 aliphatic rings. The maximum absolute atomic E-state index is 4.61. The lowest BCUT2D eigenvalue weighted by atomic mass is 9.95. The van der Waals surface area contributed by atoms with Gasteiger partial charge in [-0.3, -0.25) is 0 Å². The molecule has 0 aromatic carbocycles. The summed E-state index contributed by atoms with van der Waals surface area (Å²) in [6.07, 6.45) is 6.81. The van der Waals surface area contributed by atoms with Crippen molar-refractivity contribution >= 4 is 11.5 Å². The molecule has 2 heterocycles. The Morgan fingerprint density at radius 1 is 1.28 bits per heavy atom. The van der Waals surface area contributed by atoms with Gasteiger partial charge in [0.05, 0.1) is 5.69 Å². The van der Waals surface area contributed by atoms with E-state index in [1.54, 1.807) is 0 Å². The maximum Gasteiger partial charge on any atom is 0.148 e. The van der Waals surface area contributed by atoms with Crippen molar-refractivity contribution in [1.82, 2.24) is 9.78 Å². The van der Waals surface area contributed by atoms with Gasteiger partial charge in [-0.1, -0.05) is 19.3 Å². The van der Waals surface area contributed by atoms with Crippen molar-refractivity contribution in [3.05, 3.63) is 5.69 Å². The molecule has 2 unspecified atom stereocenters. The van der Waals surface area contributed by atoms with Crippen LogP contribution in [0.3, 0.4) is 0 Å². The summed E-state index contributed by atoms with van der Waals surface area (Å²) in [6.45, 7) is 6.29. The second kappa shape index (κ2) is 4.82. The minimum absolute atomic E-state index is 0.627. The zero-order valence-electron chi connectivity index (χ0n) is 11.5. The smallest absolute Gasteiger partial charge is 0.148 e. The molecule has 3 rings (SSSR count). The van der Waals surface area contributed by atoms with Crippen LogP contribution in [0.25, 0.3) is 0 Å². The highest BCUT2D eigenvalue weighted by Gasteiger charge is 2.29. The highest BCUT2D eigenvalue weighted by atomic mass is 15.4. The van der Waals surface area contributed by atoms with E-state index in [-0.39, 0.29) is 0 Å². The van der Waals surface area contributed by atoms with Crippen molar-refractivity contribution in [3.8, 4) is 0 Å². The average molecular weight is 248 g/mol. The topological polar surface area (TPSA) is 41.9 Å². The third-order valence-corrected chi connectivity index (χ3v) is 4.45. The van der Waals surface area contributed by atoms with Gasteiger partial charge in [0.25, 0.3) is 0 Å². The predicted molar refractivity (Wildman–Crippen MR) is 75.1 cm³/mol. The Bertz CT molecular complexity index is 424. The maximum atomic E-state index is 4.61. The van der Waals surface area contributed by atoms with E-state index in [1.807, 2.05) is 0 Å². The summed E-state index contributed by atoms with van der Waals surface area (Å²) in [6, 6.07) is 0.627. The van der Waals surface area contributed by atoms with E-state index in [9.17, 15) is 0 Å². The second-order valence-electron chi connectivity index (χ2n) is 5.65. The number of hydrogen-bond donors (Lipinski definition) is 2. The molecule has 2 N–H and O–H groups in total. The quantitative estimate of drug-likeness (QED) is 0.803. The summed E-state index contributed by atoms with van der Waals surface area (Å²) in [4.78, 5) is 0. The van der Waals surface area contributed by atoms with Gasteiger partial charge in [0.15, 0.2) is 0 Å². The molecule has 1 fully saturated rings. The van der Waals surface area contributed by atoms with Gasteiger partial charge in [0.1, 0.15) is 11.5 Å². The monoisotopic (exact) mass is 248 g/mol. The van der Waals surface area contributed by atoms with Gasteiger partial charge < -0.3 is 10.6 Å². The largest absolute Gasteiger partial charge is 0.380 e. The minimum Gasteiger partial charge on any atom is -0.380 e. The van der Waals surface area contributed by atoms with E-state index in [0.717, 1.165) is 24.7 Å². The van der Waals surface area contributed by atoms with Crippen LogP contribution in [-0.2, 0) is 6.54 Å². The Balaban J connectivity index is 1.91. The van der Waals surface area contributed by atoms with Crippen molar-refractivity contribution in [3.63, 3.8) is 0 Å². The summed E-state index contributed by atoms with van der Waals surface area (Å²) < 4.78 is 2.10. The van der Waals surface area contributed by atoms with Crippen molar-refractivity contribution in [1.29, 1.82) is 0 Å². The molecule has 0 spiro atoms. The third-order valence-electron chi connectivity index (χ3n) is 4.45. The molecule has 4 heteroatoms. The number of aryl methyl sites for hydroxylation is 2. The fraction of sp³-hybridized carbons (Fsp3) is 0.786. The molecule has 1 aliphatic carbocycles. The lowest BCUT2D eigenvalue weighted by molar-refractivity contribution is 0.440. The zero-order valence-corrected chi connectivity index (χ0v) is 11.5. The van der Waals surface area contributed by atoms with Crippen molar-refractivity contribution < 1.29 is 0 Å². The first-order valence-electron chi connectivity index (χ1n) is 7.37. The normalized spacial score (nSPS) is 27.2. The zero-order chi connectivity index (χ0) is 12.5. The summed E-state index contributed by atoms with van der Waals surface area (Å²) in [5.41, 5.74) is 2.35. The molecule has 0 amide bonds. The van der Waals surface area contributed by atoms with Gasteiger partial charge in [0, 0.05) is 19.1 Å². The van der Waals surface area contributed by atoms with Gasteiger partial charge in [-0.05, 0) is 32.6 Å². The SMILES string of the molecule is CCn1nc(C)c2c1NC1CCCCCC1CN2. The number of nitrogens with one attached hydrogen (secondary N) is 2. The molecule has 1 aromatic rings. The first kappa shape index (κ1) is 11.9. The summed E-state index contributed by atoms with van der Waals surface area (Å²) in [5.74, 6) is 1.98. The Labute approximate surface area is 109 Å². The van der Waals surface area contributed by atoms with E-state index in [4.69, 9.17) is 0 Å². The Kier molecular flexibility index (Phi) is 3.18. The molecule has 1 aliphatic heterocycles. The number of hydrogen-bond acceptors (Lipinski definition) is 3. The summed E-state index contributed by atoms with van der Waals surface area (Å²) in [5, 5.41) is 12.0. The summed E-state index contributed by atoms with van der Waals surface area (Å²) >= 11 is 0. The first-order chi connectivity index (χ1) is 8.79. The molecular weight excluding hydrogens is 224 g/mol. The molecule has 1 aromatic heterocycles. The van der Waals surface area contributed by atoms with Gasteiger partial charge in [-0.2, -0.15) is 5.10 Å². The first-order valence-corrected chi connectivity index (χ1v) is 7.37. The minimum atomic E-state index is 0.627. The highest BCUT2D eigenvalue weighted by molar-refractivity contribution is 5.69. The Morgan fingerprint density at radius 2 is 2.11 bits per heavy atom. The van der Waals surface area contributed by atoms with E-state index < -0.39 is 0 Å². The highest BCUT2D eigenvalue weighted by Crippen LogP contribution is 2.34. The van der Waals surface area contributed by atoms with Crippen LogP contribution in [0.2, 0.25) is 0 Å². The van der Waals surface area contributed by atoms with E-state index in [1.165, 1.54) is 43.6 Å². The van der Waals surface area contributed by atoms with Gasteiger partial charge in [-0.15, -0.1) is 0 Å². The van der Waals surface area contributed by atoms with Crippen molar-refractivity contribution in [2.45, 2.75) is 58.5 Å². The average Bonchev–Trinajstić information content (AvgIpc) is 2.56. The summed E-state index contributed by atoms with van der Waals surface area (Å²) in [7, 11) is 0.